The summed E-state index contributed by atoms with van der Waals surface area (Å²) >= 11 is 0. The van der Waals surface area contributed by atoms with E-state index in [2.05, 4.69) is 0 Å². The van der Waals surface area contributed by atoms with Gasteiger partial charge in [0.2, 0.25) is 0 Å². The molecule has 0 saturated heterocycles. The molecular formula is C6H8N2O2. The average Bonchev–Trinajstić information content (AvgIpc) is 1.88. The fourth-order valence-electron chi connectivity index (χ4n) is 0.652. The van der Waals surface area contributed by atoms with E-state index in [9.17, 15) is 0 Å². The molecule has 0 fully saturated rings. The van der Waals surface area contributed by atoms with Gasteiger partial charge in [0.25, 0.3) is 0 Å². The largest absolute Gasteiger partial charge is 0.508 e. The van der Waals surface area contributed by atoms with Crippen LogP contribution in [0.2, 0.25) is 0 Å². The number of hydrogen-bond donors (Lipinski definition) is 4. The van der Waals surface area contributed by atoms with E-state index >= 15 is 0 Å². The minimum Gasteiger partial charge on any atom is -0.508 e. The summed E-state index contributed by atoms with van der Waals surface area (Å²) in [7, 11) is 0. The highest BCUT2D eigenvalue weighted by Gasteiger charge is 1.96. The Hall–Kier alpha value is -1.42. The second kappa shape index (κ2) is 2.45. The zero-order valence-electron chi connectivity index (χ0n) is 5.20. The summed E-state index contributed by atoms with van der Waals surface area (Å²) in [5, 5.41) is 17.2. The third-order valence-corrected chi connectivity index (χ3v) is 1.16. The maximum absolute atomic E-state index is 8.84. The van der Waals surface area contributed by atoms with Crippen molar-refractivity contribution in [1.29, 1.82) is 0 Å². The Morgan fingerprint density at radius 3 is 2.60 bits per heavy atom. The Balaban J connectivity index is 3.07. The van der Waals surface area contributed by atoms with Crippen LogP contribution < -0.4 is 11.2 Å². The molecular weight excluding hydrogens is 132 g/mol. The molecule has 4 heteroatoms. The summed E-state index contributed by atoms with van der Waals surface area (Å²) in [6, 6.07) is 4.25. The molecule has 0 amide bonds. The van der Waals surface area contributed by atoms with Crippen LogP contribution in [-0.4, -0.2) is 10.3 Å². The zero-order valence-corrected chi connectivity index (χ0v) is 5.20. The number of phenols is 1. The van der Waals surface area contributed by atoms with Crippen LogP contribution in [-0.2, 0) is 0 Å². The predicted octanol–water partition coefficient (Wildman–Crippen LogP) is 0.775. The highest BCUT2D eigenvalue weighted by atomic mass is 16.5. The summed E-state index contributed by atoms with van der Waals surface area (Å²) in [4.78, 5) is 0. The number of anilines is 2. The van der Waals surface area contributed by atoms with Gasteiger partial charge in [0.15, 0.2) is 0 Å². The van der Waals surface area contributed by atoms with Crippen molar-refractivity contribution in [1.82, 2.24) is 0 Å². The zero-order chi connectivity index (χ0) is 7.56. The summed E-state index contributed by atoms with van der Waals surface area (Å²) in [5.41, 5.74) is 7.93. The topological polar surface area (TPSA) is 78.5 Å². The van der Waals surface area contributed by atoms with Crippen LogP contribution in [0, 0.1) is 0 Å². The highest BCUT2D eigenvalue weighted by Crippen LogP contribution is 2.21. The molecule has 10 heavy (non-hydrogen) atoms. The number of aromatic hydroxyl groups is 1. The lowest BCUT2D eigenvalue weighted by molar-refractivity contribution is 0.389. The van der Waals surface area contributed by atoms with Crippen molar-refractivity contribution in [3.05, 3.63) is 18.2 Å². The molecule has 0 unspecified atom stereocenters. The Morgan fingerprint density at radius 1 is 1.40 bits per heavy atom. The summed E-state index contributed by atoms with van der Waals surface area (Å²) in [5.74, 6) is 0.0801. The molecule has 0 spiro atoms. The Labute approximate surface area is 57.9 Å². The van der Waals surface area contributed by atoms with E-state index in [0.29, 0.717) is 11.4 Å². The quantitative estimate of drug-likeness (QED) is 0.264. The molecule has 5 N–H and O–H groups in total. The molecule has 0 aliphatic rings. The van der Waals surface area contributed by atoms with Gasteiger partial charge in [-0.25, -0.2) is 0 Å². The molecule has 0 aliphatic carbocycles. The van der Waals surface area contributed by atoms with Crippen molar-refractivity contribution in [2.75, 3.05) is 11.2 Å². The first kappa shape index (κ1) is 6.70. The highest BCUT2D eigenvalue weighted by molar-refractivity contribution is 5.66. The van der Waals surface area contributed by atoms with Crippen LogP contribution in [0.5, 0.6) is 5.75 Å². The van der Waals surface area contributed by atoms with Crippen LogP contribution in [0.3, 0.4) is 0 Å². The molecule has 0 radical (unpaired) electrons. The van der Waals surface area contributed by atoms with Gasteiger partial charge in [-0.2, -0.15) is 0 Å². The minimum absolute atomic E-state index is 0.0801. The Morgan fingerprint density at radius 2 is 2.10 bits per heavy atom. The van der Waals surface area contributed by atoms with E-state index in [1.54, 1.807) is 0 Å². The van der Waals surface area contributed by atoms with Crippen molar-refractivity contribution in [2.24, 2.45) is 0 Å². The Kier molecular flexibility index (Phi) is 1.64. The smallest absolute Gasteiger partial charge is 0.117 e. The van der Waals surface area contributed by atoms with Crippen molar-refractivity contribution in [3.8, 4) is 5.75 Å². The van der Waals surface area contributed by atoms with Gasteiger partial charge in [-0.05, 0) is 12.1 Å². The molecule has 1 rings (SSSR count). The van der Waals surface area contributed by atoms with Gasteiger partial charge in [-0.15, -0.1) is 0 Å². The van der Waals surface area contributed by atoms with Crippen molar-refractivity contribution in [2.45, 2.75) is 0 Å². The van der Waals surface area contributed by atoms with Gasteiger partial charge in [0.05, 0.1) is 11.4 Å². The number of nitrogen functional groups attached to an aromatic ring is 1. The molecule has 1 aromatic carbocycles. The minimum atomic E-state index is 0.0801. The van der Waals surface area contributed by atoms with Gasteiger partial charge in [0, 0.05) is 6.07 Å². The van der Waals surface area contributed by atoms with E-state index in [4.69, 9.17) is 16.0 Å². The number of nitrogens with one attached hydrogen (secondary N) is 1. The van der Waals surface area contributed by atoms with Crippen molar-refractivity contribution >= 4 is 11.4 Å². The van der Waals surface area contributed by atoms with Gasteiger partial charge in [0.1, 0.15) is 5.75 Å². The van der Waals surface area contributed by atoms with Crippen LogP contribution >= 0.6 is 0 Å². The molecule has 0 saturated carbocycles. The first-order valence-electron chi connectivity index (χ1n) is 2.72. The number of nitrogens with two attached hydrogens (primary N) is 1. The fraction of sp³-hybridized carbons (Fsp3) is 0. The lowest BCUT2D eigenvalue weighted by Gasteiger charge is -2.02. The van der Waals surface area contributed by atoms with E-state index < -0.39 is 0 Å². The van der Waals surface area contributed by atoms with E-state index in [1.165, 1.54) is 18.2 Å². The summed E-state index contributed by atoms with van der Waals surface area (Å²) in [6.45, 7) is 0. The number of benzene rings is 1. The Bertz CT molecular complexity index is 237. The monoisotopic (exact) mass is 140 g/mol. The normalized spacial score (nSPS) is 9.30. The van der Waals surface area contributed by atoms with Crippen molar-refractivity contribution in [3.63, 3.8) is 0 Å². The van der Waals surface area contributed by atoms with Gasteiger partial charge in [-0.1, -0.05) is 0 Å². The SMILES string of the molecule is Nc1cc(O)ccc1NO. The average molecular weight is 140 g/mol. The van der Waals surface area contributed by atoms with Crippen LogP contribution in [0.1, 0.15) is 0 Å². The lowest BCUT2D eigenvalue weighted by Crippen LogP contribution is -1.94. The summed E-state index contributed by atoms with van der Waals surface area (Å²) < 4.78 is 0. The van der Waals surface area contributed by atoms with E-state index in [1.807, 2.05) is 5.48 Å². The third kappa shape index (κ3) is 1.11. The van der Waals surface area contributed by atoms with Crippen molar-refractivity contribution < 1.29 is 10.3 Å². The van der Waals surface area contributed by atoms with Gasteiger partial charge < -0.3 is 10.8 Å². The lowest BCUT2D eigenvalue weighted by atomic mass is 10.2. The van der Waals surface area contributed by atoms with Crippen LogP contribution in [0.15, 0.2) is 18.2 Å². The molecule has 0 bridgehead atoms. The predicted molar refractivity (Wildman–Crippen MR) is 37.9 cm³/mol. The van der Waals surface area contributed by atoms with Crippen LogP contribution in [0.4, 0.5) is 11.4 Å². The number of rotatable bonds is 1. The molecule has 0 aliphatic heterocycles. The van der Waals surface area contributed by atoms with Gasteiger partial charge in [-0.3, -0.25) is 10.7 Å². The first-order valence-corrected chi connectivity index (χ1v) is 2.72. The second-order valence-electron chi connectivity index (χ2n) is 1.88. The first-order chi connectivity index (χ1) is 4.74. The third-order valence-electron chi connectivity index (χ3n) is 1.16. The van der Waals surface area contributed by atoms with Crippen LogP contribution in [0.25, 0.3) is 0 Å². The summed E-state index contributed by atoms with van der Waals surface area (Å²) in [6.07, 6.45) is 0. The molecule has 0 aromatic heterocycles. The fourth-order valence-corrected chi connectivity index (χ4v) is 0.652. The molecule has 0 atom stereocenters. The molecule has 54 valence electrons. The van der Waals surface area contributed by atoms with E-state index in [0.717, 1.165) is 0 Å². The second-order valence-corrected chi connectivity index (χ2v) is 1.88. The molecule has 0 heterocycles. The van der Waals surface area contributed by atoms with Gasteiger partial charge >= 0.3 is 0 Å². The maximum Gasteiger partial charge on any atom is 0.117 e. The maximum atomic E-state index is 8.84. The standard InChI is InChI=1S/C6H8N2O2/c7-5-3-4(9)1-2-6(5)8-10/h1-3,8-10H,7H2. The number of hydrogen-bond acceptors (Lipinski definition) is 4. The molecule has 4 nitrogen and oxygen atoms in total. The molecule has 1 aromatic rings. The van der Waals surface area contributed by atoms with E-state index in [-0.39, 0.29) is 5.75 Å². The number of phenolic OH excluding ortho intramolecular Hbond substituents is 1.